The van der Waals surface area contributed by atoms with Crippen LogP contribution < -0.4 is 10.5 Å². The number of para-hydroxylation sites is 1. The van der Waals surface area contributed by atoms with E-state index in [4.69, 9.17) is 22.7 Å². The zero-order chi connectivity index (χ0) is 12.0. The molecule has 4 heteroatoms. The van der Waals surface area contributed by atoms with Gasteiger partial charge in [0, 0.05) is 25.1 Å². The molecule has 0 spiro atoms. The minimum atomic E-state index is 0.562. The number of ether oxygens (including phenoxy) is 1. The summed E-state index contributed by atoms with van der Waals surface area (Å²) < 4.78 is 5.29. The fraction of sp³-hybridized carbons (Fsp3) is 0.417. The van der Waals surface area contributed by atoms with Gasteiger partial charge in [-0.05, 0) is 13.1 Å². The van der Waals surface area contributed by atoms with Crippen LogP contribution in [0.15, 0.2) is 24.3 Å². The van der Waals surface area contributed by atoms with E-state index in [1.54, 1.807) is 7.11 Å². The van der Waals surface area contributed by atoms with Crippen LogP contribution >= 0.6 is 12.2 Å². The van der Waals surface area contributed by atoms with Crippen molar-refractivity contribution >= 4 is 17.2 Å². The molecular weight excluding hydrogens is 220 g/mol. The Morgan fingerprint density at radius 1 is 1.44 bits per heavy atom. The fourth-order valence-electron chi connectivity index (χ4n) is 1.50. The highest BCUT2D eigenvalue weighted by atomic mass is 32.1. The molecule has 0 aliphatic rings. The summed E-state index contributed by atoms with van der Waals surface area (Å²) >= 11 is 4.85. The van der Waals surface area contributed by atoms with Crippen molar-refractivity contribution in [3.8, 4) is 5.75 Å². The third-order valence-electron chi connectivity index (χ3n) is 2.37. The molecule has 16 heavy (non-hydrogen) atoms. The van der Waals surface area contributed by atoms with Gasteiger partial charge in [-0.1, -0.05) is 30.4 Å². The van der Waals surface area contributed by atoms with E-state index in [1.807, 2.05) is 25.2 Å². The first-order valence-corrected chi connectivity index (χ1v) is 5.63. The first kappa shape index (κ1) is 12.9. The molecule has 0 heterocycles. The second-order valence-electron chi connectivity index (χ2n) is 3.77. The molecule has 0 aliphatic carbocycles. The van der Waals surface area contributed by atoms with E-state index >= 15 is 0 Å². The molecule has 0 amide bonds. The van der Waals surface area contributed by atoms with E-state index in [-0.39, 0.29) is 0 Å². The molecule has 1 aromatic carbocycles. The lowest BCUT2D eigenvalue weighted by Crippen LogP contribution is -2.23. The lowest BCUT2D eigenvalue weighted by atomic mass is 10.2. The molecule has 0 unspecified atom stereocenters. The zero-order valence-electron chi connectivity index (χ0n) is 9.77. The van der Waals surface area contributed by atoms with Gasteiger partial charge < -0.3 is 15.4 Å². The lowest BCUT2D eigenvalue weighted by Gasteiger charge is -2.17. The Labute approximate surface area is 102 Å². The van der Waals surface area contributed by atoms with Crippen LogP contribution in [0.25, 0.3) is 0 Å². The molecule has 88 valence electrons. The van der Waals surface area contributed by atoms with Gasteiger partial charge in [0.1, 0.15) is 5.75 Å². The third kappa shape index (κ3) is 4.16. The number of nitrogens with zero attached hydrogens (tertiary/aromatic N) is 1. The second-order valence-corrected chi connectivity index (χ2v) is 4.29. The number of nitrogens with two attached hydrogens (primary N) is 1. The van der Waals surface area contributed by atoms with Gasteiger partial charge in [-0.3, -0.25) is 0 Å². The fourth-order valence-corrected chi connectivity index (χ4v) is 1.60. The molecule has 0 atom stereocenters. The molecule has 0 bridgehead atoms. The van der Waals surface area contributed by atoms with E-state index in [0.29, 0.717) is 4.99 Å². The Kier molecular flexibility index (Phi) is 5.22. The third-order valence-corrected chi connectivity index (χ3v) is 2.58. The van der Waals surface area contributed by atoms with Crippen molar-refractivity contribution in [2.24, 2.45) is 5.73 Å². The molecule has 0 saturated carbocycles. The topological polar surface area (TPSA) is 38.5 Å². The number of hydrogen-bond donors (Lipinski definition) is 1. The van der Waals surface area contributed by atoms with Crippen molar-refractivity contribution in [1.29, 1.82) is 0 Å². The van der Waals surface area contributed by atoms with Gasteiger partial charge in [0.05, 0.1) is 12.1 Å². The van der Waals surface area contributed by atoms with Gasteiger partial charge >= 0.3 is 0 Å². The molecule has 0 aromatic heterocycles. The molecule has 3 nitrogen and oxygen atoms in total. The molecule has 0 saturated heterocycles. The van der Waals surface area contributed by atoms with Gasteiger partial charge in [-0.2, -0.15) is 0 Å². The first-order chi connectivity index (χ1) is 7.63. The van der Waals surface area contributed by atoms with Gasteiger partial charge in [0.25, 0.3) is 0 Å². The Balaban J connectivity index is 2.55. The highest BCUT2D eigenvalue weighted by Gasteiger charge is 2.05. The predicted molar refractivity (Wildman–Crippen MR) is 70.7 cm³/mol. The minimum Gasteiger partial charge on any atom is -0.496 e. The average Bonchev–Trinajstić information content (AvgIpc) is 2.27. The van der Waals surface area contributed by atoms with Crippen molar-refractivity contribution in [3.63, 3.8) is 0 Å². The van der Waals surface area contributed by atoms with Gasteiger partial charge in [-0.15, -0.1) is 0 Å². The average molecular weight is 238 g/mol. The Morgan fingerprint density at radius 2 is 2.12 bits per heavy atom. The summed E-state index contributed by atoms with van der Waals surface area (Å²) in [5.41, 5.74) is 6.65. The van der Waals surface area contributed by atoms with Crippen LogP contribution in [0.3, 0.4) is 0 Å². The summed E-state index contributed by atoms with van der Waals surface area (Å²) in [7, 11) is 3.73. The molecule has 0 radical (unpaired) electrons. The summed E-state index contributed by atoms with van der Waals surface area (Å²) in [6.07, 6.45) is 0.751. The number of benzene rings is 1. The quantitative estimate of drug-likeness (QED) is 0.767. The second kappa shape index (κ2) is 6.45. The zero-order valence-corrected chi connectivity index (χ0v) is 10.6. The van der Waals surface area contributed by atoms with Gasteiger partial charge in [-0.25, -0.2) is 0 Å². The summed E-state index contributed by atoms with van der Waals surface area (Å²) in [5, 5.41) is 0. The number of methoxy groups -OCH3 is 1. The molecule has 0 aliphatic heterocycles. The van der Waals surface area contributed by atoms with Crippen molar-refractivity contribution in [3.05, 3.63) is 29.8 Å². The van der Waals surface area contributed by atoms with E-state index in [1.165, 1.54) is 5.56 Å². The largest absolute Gasteiger partial charge is 0.496 e. The van der Waals surface area contributed by atoms with Crippen LogP contribution in [0.4, 0.5) is 0 Å². The van der Waals surface area contributed by atoms with E-state index in [9.17, 15) is 0 Å². The summed E-state index contributed by atoms with van der Waals surface area (Å²) in [6, 6.07) is 8.02. The van der Waals surface area contributed by atoms with Gasteiger partial charge in [0.15, 0.2) is 0 Å². The smallest absolute Gasteiger partial charge is 0.123 e. The molecule has 1 rings (SSSR count). The molecule has 2 N–H and O–H groups in total. The maximum atomic E-state index is 5.47. The number of thiocarbonyl (C=S) groups is 1. The summed E-state index contributed by atoms with van der Waals surface area (Å²) in [4.78, 5) is 2.74. The maximum absolute atomic E-state index is 5.47. The molecule has 0 fully saturated rings. The lowest BCUT2D eigenvalue weighted by molar-refractivity contribution is 0.326. The Hall–Kier alpha value is -1.13. The minimum absolute atomic E-state index is 0.562. The summed E-state index contributed by atoms with van der Waals surface area (Å²) in [5.74, 6) is 0.921. The van der Waals surface area contributed by atoms with Crippen molar-refractivity contribution in [2.75, 3.05) is 20.7 Å². The Morgan fingerprint density at radius 3 is 2.75 bits per heavy atom. The molecule has 1 aromatic rings. The van der Waals surface area contributed by atoms with Crippen LogP contribution in [-0.2, 0) is 6.54 Å². The number of hydrogen-bond acceptors (Lipinski definition) is 3. The van der Waals surface area contributed by atoms with E-state index in [2.05, 4.69) is 11.0 Å². The SMILES string of the molecule is COc1ccccc1CN(C)CCC(N)=S. The normalized spacial score (nSPS) is 10.4. The van der Waals surface area contributed by atoms with E-state index in [0.717, 1.165) is 25.3 Å². The summed E-state index contributed by atoms with van der Waals surface area (Å²) in [6.45, 7) is 1.71. The highest BCUT2D eigenvalue weighted by molar-refractivity contribution is 7.80. The van der Waals surface area contributed by atoms with Crippen molar-refractivity contribution < 1.29 is 4.74 Å². The van der Waals surface area contributed by atoms with Crippen molar-refractivity contribution in [2.45, 2.75) is 13.0 Å². The van der Waals surface area contributed by atoms with E-state index < -0.39 is 0 Å². The van der Waals surface area contributed by atoms with Gasteiger partial charge in [0.2, 0.25) is 0 Å². The number of rotatable bonds is 6. The maximum Gasteiger partial charge on any atom is 0.123 e. The van der Waals surface area contributed by atoms with Crippen LogP contribution in [-0.4, -0.2) is 30.6 Å². The first-order valence-electron chi connectivity index (χ1n) is 5.22. The van der Waals surface area contributed by atoms with Crippen LogP contribution in [0.2, 0.25) is 0 Å². The Bertz CT molecular complexity index is 355. The van der Waals surface area contributed by atoms with Crippen LogP contribution in [0.1, 0.15) is 12.0 Å². The monoisotopic (exact) mass is 238 g/mol. The predicted octanol–water partition coefficient (Wildman–Crippen LogP) is 1.80. The van der Waals surface area contributed by atoms with Crippen LogP contribution in [0, 0.1) is 0 Å². The highest BCUT2D eigenvalue weighted by Crippen LogP contribution is 2.18. The van der Waals surface area contributed by atoms with Crippen LogP contribution in [0.5, 0.6) is 5.75 Å². The van der Waals surface area contributed by atoms with Crippen molar-refractivity contribution in [1.82, 2.24) is 4.90 Å². The molecular formula is C12H18N2OS. The standard InChI is InChI=1S/C12H18N2OS/c1-14(8-7-12(13)16)9-10-5-3-4-6-11(10)15-2/h3-6H,7-9H2,1-2H3,(H2,13,16).